The Bertz CT molecular complexity index is 760. The normalized spacial score (nSPS) is 11.2. The van der Waals surface area contributed by atoms with Gasteiger partial charge in [0.1, 0.15) is 5.60 Å². The van der Waals surface area contributed by atoms with Gasteiger partial charge in [0.15, 0.2) is 0 Å². The number of amides is 1. The van der Waals surface area contributed by atoms with Crippen LogP contribution in [0.15, 0.2) is 24.3 Å². The van der Waals surface area contributed by atoms with Crippen molar-refractivity contribution < 1.29 is 29.3 Å². The van der Waals surface area contributed by atoms with Crippen LogP contribution in [0.4, 0.5) is 16.2 Å². The number of allylic oxidation sites excluding steroid dienone is 1. The molecule has 2 N–H and O–H groups in total. The van der Waals surface area contributed by atoms with Crippen LogP contribution in [0.5, 0.6) is 0 Å². The summed E-state index contributed by atoms with van der Waals surface area (Å²) in [4.78, 5) is 43.1. The highest BCUT2D eigenvalue weighted by atomic mass is 16.6. The number of carbonyl (C=O) groups is 2. The average molecular weight is 381 g/mol. The van der Waals surface area contributed by atoms with Crippen LogP contribution in [0.3, 0.4) is 0 Å². The van der Waals surface area contributed by atoms with Crippen LogP contribution in [0, 0.1) is 20.2 Å². The van der Waals surface area contributed by atoms with Crippen LogP contribution in [0.1, 0.15) is 36.7 Å². The zero-order valence-electron chi connectivity index (χ0n) is 14.9. The Morgan fingerprint density at radius 1 is 1.19 bits per heavy atom. The Labute approximate surface area is 153 Å². The molecule has 0 heterocycles. The Kier molecular flexibility index (Phi) is 6.97. The molecule has 1 aromatic carbocycles. The third-order valence-electron chi connectivity index (χ3n) is 3.10. The molecule has 0 aromatic heterocycles. The van der Waals surface area contributed by atoms with Gasteiger partial charge in [0.05, 0.1) is 21.5 Å². The van der Waals surface area contributed by atoms with E-state index in [2.05, 4.69) is 5.32 Å². The van der Waals surface area contributed by atoms with E-state index in [9.17, 15) is 34.9 Å². The maximum absolute atomic E-state index is 11.5. The van der Waals surface area contributed by atoms with E-state index in [0.29, 0.717) is 6.07 Å². The summed E-state index contributed by atoms with van der Waals surface area (Å²) in [6.45, 7) is 5.15. The predicted molar refractivity (Wildman–Crippen MR) is 93.8 cm³/mol. The highest BCUT2D eigenvalue weighted by molar-refractivity contribution is 5.92. The summed E-state index contributed by atoms with van der Waals surface area (Å²) in [6, 6.07) is 1.49. The van der Waals surface area contributed by atoms with Gasteiger partial charge in [-0.2, -0.15) is 0 Å². The number of nitro groups is 2. The first-order valence-corrected chi connectivity index (χ1v) is 7.73. The predicted octanol–water partition coefficient (Wildman–Crippen LogP) is 2.82. The second-order valence-corrected chi connectivity index (χ2v) is 6.37. The van der Waals surface area contributed by atoms with Gasteiger partial charge < -0.3 is 15.2 Å². The van der Waals surface area contributed by atoms with Gasteiger partial charge in [0.2, 0.25) is 0 Å². The Morgan fingerprint density at radius 2 is 1.81 bits per heavy atom. The molecule has 0 unspecified atom stereocenters. The van der Waals surface area contributed by atoms with Crippen molar-refractivity contribution in [2.45, 2.75) is 32.8 Å². The van der Waals surface area contributed by atoms with E-state index in [1.165, 1.54) is 12.2 Å². The fourth-order valence-electron chi connectivity index (χ4n) is 2.06. The first kappa shape index (κ1) is 21.5. The van der Waals surface area contributed by atoms with Crippen LogP contribution < -0.4 is 5.32 Å². The molecule has 0 atom stereocenters. The topological polar surface area (TPSA) is 162 Å². The highest BCUT2D eigenvalue weighted by Gasteiger charge is 2.26. The second kappa shape index (κ2) is 8.74. The first-order chi connectivity index (χ1) is 12.4. The molecule has 0 aliphatic carbocycles. The van der Waals surface area contributed by atoms with Crippen LogP contribution in [-0.4, -0.2) is 39.2 Å². The van der Waals surface area contributed by atoms with Gasteiger partial charge in [0.25, 0.3) is 11.4 Å². The van der Waals surface area contributed by atoms with Gasteiger partial charge in [-0.3, -0.25) is 20.2 Å². The molecule has 0 saturated carbocycles. The van der Waals surface area contributed by atoms with Crippen LogP contribution in [-0.2, 0) is 11.2 Å². The third-order valence-corrected chi connectivity index (χ3v) is 3.10. The number of hydrogen-bond donors (Lipinski definition) is 2. The van der Waals surface area contributed by atoms with Crippen molar-refractivity contribution in [2.24, 2.45) is 0 Å². The molecule has 1 rings (SSSR count). The Morgan fingerprint density at radius 3 is 2.30 bits per heavy atom. The van der Waals surface area contributed by atoms with Crippen LogP contribution in [0.2, 0.25) is 0 Å². The standard InChI is InChI=1S/C16H19N3O8/c1-16(2,3)27-15(22)17-7-5-4-6-11-12(14(20)21)8-10(18(23)24)9-13(11)19(25)26/h4-5,8-9H,6-7H2,1-3H3,(H,17,22)(H,20,21). The number of nitro benzene ring substituents is 2. The van der Waals surface area contributed by atoms with Gasteiger partial charge in [0, 0.05) is 18.2 Å². The Balaban J connectivity index is 2.96. The number of carboxylic acid groups (broad SMARTS) is 1. The van der Waals surface area contributed by atoms with Crippen molar-refractivity contribution in [3.8, 4) is 0 Å². The fourth-order valence-corrected chi connectivity index (χ4v) is 2.06. The lowest BCUT2D eigenvalue weighted by Crippen LogP contribution is -2.32. The molecule has 11 nitrogen and oxygen atoms in total. The summed E-state index contributed by atoms with van der Waals surface area (Å²) in [5, 5.41) is 33.7. The number of ether oxygens (including phenoxy) is 1. The number of nitrogens with one attached hydrogen (secondary N) is 1. The maximum Gasteiger partial charge on any atom is 0.407 e. The molecule has 0 fully saturated rings. The molecule has 0 saturated heterocycles. The van der Waals surface area contributed by atoms with Crippen molar-refractivity contribution in [3.63, 3.8) is 0 Å². The van der Waals surface area contributed by atoms with Gasteiger partial charge in [-0.25, -0.2) is 9.59 Å². The van der Waals surface area contributed by atoms with E-state index in [1.807, 2.05) is 0 Å². The van der Waals surface area contributed by atoms with Gasteiger partial charge >= 0.3 is 12.1 Å². The minimum absolute atomic E-state index is 0.0537. The fraction of sp³-hybridized carbons (Fsp3) is 0.375. The minimum Gasteiger partial charge on any atom is -0.478 e. The molecule has 27 heavy (non-hydrogen) atoms. The molecule has 0 aliphatic heterocycles. The number of aromatic carboxylic acids is 1. The number of benzene rings is 1. The number of non-ortho nitro benzene ring substituents is 1. The van der Waals surface area contributed by atoms with Crippen molar-refractivity contribution in [2.75, 3.05) is 6.54 Å². The number of carboxylic acids is 1. The molecule has 0 spiro atoms. The molecule has 1 amide bonds. The molecule has 146 valence electrons. The lowest BCUT2D eigenvalue weighted by molar-refractivity contribution is -0.394. The third kappa shape index (κ3) is 6.72. The smallest absolute Gasteiger partial charge is 0.407 e. The average Bonchev–Trinajstić information content (AvgIpc) is 2.51. The van der Waals surface area contributed by atoms with Crippen molar-refractivity contribution >= 4 is 23.4 Å². The lowest BCUT2D eigenvalue weighted by Gasteiger charge is -2.19. The lowest BCUT2D eigenvalue weighted by atomic mass is 10.0. The van der Waals surface area contributed by atoms with E-state index in [1.54, 1.807) is 20.8 Å². The molecular formula is C16H19N3O8. The van der Waals surface area contributed by atoms with Crippen LogP contribution in [0.25, 0.3) is 0 Å². The van der Waals surface area contributed by atoms with Gasteiger partial charge in [-0.1, -0.05) is 12.2 Å². The summed E-state index contributed by atoms with van der Waals surface area (Å²) in [7, 11) is 0. The molecule has 0 radical (unpaired) electrons. The number of hydrogen-bond acceptors (Lipinski definition) is 7. The molecular weight excluding hydrogens is 362 g/mol. The van der Waals surface area contributed by atoms with E-state index in [0.717, 1.165) is 6.07 Å². The van der Waals surface area contributed by atoms with E-state index >= 15 is 0 Å². The van der Waals surface area contributed by atoms with Crippen molar-refractivity contribution in [1.29, 1.82) is 0 Å². The monoisotopic (exact) mass is 381 g/mol. The quantitative estimate of drug-likeness (QED) is 0.414. The zero-order valence-corrected chi connectivity index (χ0v) is 14.9. The Hall–Kier alpha value is -3.50. The molecule has 11 heteroatoms. The van der Waals surface area contributed by atoms with Crippen molar-refractivity contribution in [1.82, 2.24) is 5.32 Å². The number of carbonyl (C=O) groups excluding carboxylic acids is 1. The summed E-state index contributed by atoms with van der Waals surface area (Å²) in [5.74, 6) is -1.52. The first-order valence-electron chi connectivity index (χ1n) is 7.73. The summed E-state index contributed by atoms with van der Waals surface area (Å²) in [5.41, 5.74) is -2.71. The molecule has 0 bridgehead atoms. The molecule has 0 aliphatic rings. The molecule has 1 aromatic rings. The second-order valence-electron chi connectivity index (χ2n) is 6.37. The number of nitrogens with zero attached hydrogens (tertiary/aromatic N) is 2. The summed E-state index contributed by atoms with van der Waals surface area (Å²) in [6.07, 6.45) is 2.06. The van der Waals surface area contributed by atoms with Crippen molar-refractivity contribution in [3.05, 3.63) is 55.6 Å². The van der Waals surface area contributed by atoms with Gasteiger partial charge in [-0.15, -0.1) is 0 Å². The number of alkyl carbamates (subject to hydrolysis) is 1. The van der Waals surface area contributed by atoms with E-state index < -0.39 is 44.4 Å². The van der Waals surface area contributed by atoms with Gasteiger partial charge in [-0.05, 0) is 27.2 Å². The van der Waals surface area contributed by atoms with E-state index in [4.69, 9.17) is 4.74 Å². The minimum atomic E-state index is -1.52. The highest BCUT2D eigenvalue weighted by Crippen LogP contribution is 2.29. The summed E-state index contributed by atoms with van der Waals surface area (Å²) >= 11 is 0. The van der Waals surface area contributed by atoms with Crippen LogP contribution >= 0.6 is 0 Å². The number of rotatable bonds is 7. The van der Waals surface area contributed by atoms with E-state index in [-0.39, 0.29) is 18.5 Å². The SMILES string of the molecule is CC(C)(C)OC(=O)NCC=CCc1c(C(=O)O)cc([N+](=O)[O-])cc1[N+](=O)[O-]. The zero-order chi connectivity index (χ0) is 20.8. The largest absolute Gasteiger partial charge is 0.478 e. The maximum atomic E-state index is 11.5. The summed E-state index contributed by atoms with van der Waals surface area (Å²) < 4.78 is 5.02.